The minimum Gasteiger partial charge on any atom is -0.298 e. The Kier molecular flexibility index (Phi) is 3.82. The van der Waals surface area contributed by atoms with Crippen molar-refractivity contribution in [1.29, 1.82) is 0 Å². The Hall–Kier alpha value is -1.67. The number of hydrogen-bond donors (Lipinski definition) is 0. The van der Waals surface area contributed by atoms with Gasteiger partial charge in [-0.25, -0.2) is 12.4 Å². The molecule has 4 nitrogen and oxygen atoms in total. The first-order valence-corrected chi connectivity index (χ1v) is 9.03. The van der Waals surface area contributed by atoms with Crippen molar-refractivity contribution in [1.82, 2.24) is 3.97 Å². The summed E-state index contributed by atoms with van der Waals surface area (Å²) < 4.78 is 27.7. The standard InChI is InChI=1S/C16H12INO3S/c1-11-2-5-13(6-3-11)22(20,21)18-9-15(17)14-7-4-12(10-19)8-16(14)18/h2-10H,1H3. The highest BCUT2D eigenvalue weighted by atomic mass is 127. The third-order valence-corrected chi connectivity index (χ3v) is 6.01. The Morgan fingerprint density at radius 2 is 1.77 bits per heavy atom. The number of benzene rings is 2. The van der Waals surface area contributed by atoms with Crippen LogP contribution < -0.4 is 0 Å². The number of fused-ring (bicyclic) bond motifs is 1. The molecule has 0 amide bonds. The molecule has 0 aliphatic carbocycles. The van der Waals surface area contributed by atoms with Crippen molar-refractivity contribution in [3.63, 3.8) is 0 Å². The molecule has 1 heterocycles. The Morgan fingerprint density at radius 1 is 1.09 bits per heavy atom. The van der Waals surface area contributed by atoms with Crippen molar-refractivity contribution in [2.45, 2.75) is 11.8 Å². The Bertz CT molecular complexity index is 973. The van der Waals surface area contributed by atoms with Gasteiger partial charge < -0.3 is 0 Å². The molecule has 2 aromatic carbocycles. The number of carbonyl (C=O) groups excluding carboxylic acids is 1. The quantitative estimate of drug-likeness (QED) is 0.476. The molecular weight excluding hydrogens is 413 g/mol. The summed E-state index contributed by atoms with van der Waals surface area (Å²) in [5.41, 5.74) is 1.95. The van der Waals surface area contributed by atoms with Crippen molar-refractivity contribution in [2.24, 2.45) is 0 Å². The Labute approximate surface area is 142 Å². The predicted octanol–water partition coefficient (Wildman–Crippen LogP) is 3.60. The van der Waals surface area contributed by atoms with Crippen LogP contribution in [0.1, 0.15) is 15.9 Å². The average molecular weight is 425 g/mol. The van der Waals surface area contributed by atoms with Crippen LogP contribution >= 0.6 is 22.6 Å². The number of hydrogen-bond acceptors (Lipinski definition) is 3. The first kappa shape index (κ1) is 15.2. The minimum atomic E-state index is -3.69. The summed E-state index contributed by atoms with van der Waals surface area (Å²) in [6.45, 7) is 1.90. The number of nitrogens with zero attached hydrogens (tertiary/aromatic N) is 1. The third-order valence-electron chi connectivity index (χ3n) is 3.46. The minimum absolute atomic E-state index is 0.225. The van der Waals surface area contributed by atoms with Crippen molar-refractivity contribution in [3.05, 3.63) is 63.4 Å². The molecule has 22 heavy (non-hydrogen) atoms. The summed E-state index contributed by atoms with van der Waals surface area (Å²) in [5, 5.41) is 0.807. The maximum absolute atomic E-state index is 12.8. The van der Waals surface area contributed by atoms with Crippen LogP contribution in [0.15, 0.2) is 53.6 Å². The molecule has 3 rings (SSSR count). The number of rotatable bonds is 3. The molecule has 0 bridgehead atoms. The zero-order chi connectivity index (χ0) is 15.9. The predicted molar refractivity (Wildman–Crippen MR) is 93.8 cm³/mol. The summed E-state index contributed by atoms with van der Waals surface area (Å²) in [4.78, 5) is 11.2. The largest absolute Gasteiger partial charge is 0.298 e. The summed E-state index contributed by atoms with van der Waals surface area (Å²) in [6, 6.07) is 11.7. The highest BCUT2D eigenvalue weighted by molar-refractivity contribution is 14.1. The second-order valence-electron chi connectivity index (χ2n) is 4.99. The van der Waals surface area contributed by atoms with Crippen molar-refractivity contribution < 1.29 is 13.2 Å². The van der Waals surface area contributed by atoms with E-state index in [9.17, 15) is 13.2 Å². The van der Waals surface area contributed by atoms with E-state index in [0.717, 1.165) is 14.5 Å². The van der Waals surface area contributed by atoms with E-state index in [1.54, 1.807) is 48.7 Å². The molecule has 112 valence electrons. The lowest BCUT2D eigenvalue weighted by atomic mass is 10.2. The van der Waals surface area contributed by atoms with Crippen molar-refractivity contribution in [2.75, 3.05) is 0 Å². The van der Waals surface area contributed by atoms with Crippen molar-refractivity contribution >= 4 is 49.8 Å². The Morgan fingerprint density at radius 3 is 2.41 bits per heavy atom. The van der Waals surface area contributed by atoms with E-state index < -0.39 is 10.0 Å². The third kappa shape index (κ3) is 2.46. The van der Waals surface area contributed by atoms with Crippen LogP contribution in [0, 0.1) is 10.5 Å². The van der Waals surface area contributed by atoms with Gasteiger partial charge in [-0.05, 0) is 47.7 Å². The molecule has 3 aromatic rings. The fourth-order valence-electron chi connectivity index (χ4n) is 2.27. The lowest BCUT2D eigenvalue weighted by Crippen LogP contribution is -2.11. The van der Waals surface area contributed by atoms with Gasteiger partial charge in [-0.1, -0.05) is 29.8 Å². The number of aryl methyl sites for hydroxylation is 1. The number of halogens is 1. The van der Waals surface area contributed by atoms with Crippen LogP contribution in [0.4, 0.5) is 0 Å². The smallest absolute Gasteiger partial charge is 0.268 e. The van der Waals surface area contributed by atoms with Gasteiger partial charge in [0.25, 0.3) is 10.0 Å². The highest BCUT2D eigenvalue weighted by Gasteiger charge is 2.20. The molecule has 0 fully saturated rings. The zero-order valence-electron chi connectivity index (χ0n) is 11.7. The van der Waals surface area contributed by atoms with Crippen molar-refractivity contribution in [3.8, 4) is 0 Å². The molecule has 1 aromatic heterocycles. The van der Waals surface area contributed by atoms with Crippen LogP contribution in [-0.2, 0) is 10.0 Å². The second-order valence-corrected chi connectivity index (χ2v) is 7.96. The lowest BCUT2D eigenvalue weighted by Gasteiger charge is -2.08. The summed E-state index contributed by atoms with van der Waals surface area (Å²) in [5.74, 6) is 0. The van der Waals surface area contributed by atoms with Gasteiger partial charge in [0.1, 0.15) is 6.29 Å². The molecule has 0 spiro atoms. The fraction of sp³-hybridized carbons (Fsp3) is 0.0625. The van der Waals surface area contributed by atoms with Gasteiger partial charge in [0, 0.05) is 20.7 Å². The topological polar surface area (TPSA) is 56.1 Å². The molecule has 0 aliphatic rings. The first-order chi connectivity index (χ1) is 10.4. The van der Waals surface area contributed by atoms with Crippen LogP contribution in [0.3, 0.4) is 0 Å². The van der Waals surface area contributed by atoms with Crippen LogP contribution in [0.2, 0.25) is 0 Å². The van der Waals surface area contributed by atoms with E-state index in [-0.39, 0.29) is 4.90 Å². The van der Waals surface area contributed by atoms with E-state index in [4.69, 9.17) is 0 Å². The SMILES string of the molecule is Cc1ccc(S(=O)(=O)n2cc(I)c3ccc(C=O)cc32)cc1. The van der Waals surface area contributed by atoms with Crippen LogP contribution in [-0.4, -0.2) is 18.7 Å². The summed E-state index contributed by atoms with van der Waals surface area (Å²) >= 11 is 2.09. The summed E-state index contributed by atoms with van der Waals surface area (Å²) in [7, 11) is -3.69. The number of aromatic nitrogens is 1. The lowest BCUT2D eigenvalue weighted by molar-refractivity contribution is 0.112. The number of aldehydes is 1. The van der Waals surface area contributed by atoms with E-state index in [1.165, 1.54) is 3.97 Å². The van der Waals surface area contributed by atoms with Crippen LogP contribution in [0.5, 0.6) is 0 Å². The normalized spacial score (nSPS) is 11.7. The maximum atomic E-state index is 12.8. The maximum Gasteiger partial charge on any atom is 0.268 e. The number of carbonyl (C=O) groups is 1. The first-order valence-electron chi connectivity index (χ1n) is 6.51. The van der Waals surface area contributed by atoms with Crippen LogP contribution in [0.25, 0.3) is 10.9 Å². The molecule has 6 heteroatoms. The molecule has 0 saturated carbocycles. The fourth-order valence-corrected chi connectivity index (χ4v) is 4.56. The molecule has 0 unspecified atom stereocenters. The zero-order valence-corrected chi connectivity index (χ0v) is 14.6. The molecule has 0 aliphatic heterocycles. The highest BCUT2D eigenvalue weighted by Crippen LogP contribution is 2.27. The molecule has 0 atom stereocenters. The van der Waals surface area contributed by atoms with Gasteiger partial charge in [-0.3, -0.25) is 4.79 Å². The van der Waals surface area contributed by atoms with Gasteiger partial charge in [-0.2, -0.15) is 0 Å². The van der Waals surface area contributed by atoms with E-state index >= 15 is 0 Å². The van der Waals surface area contributed by atoms with E-state index in [1.807, 2.05) is 6.92 Å². The van der Waals surface area contributed by atoms with E-state index in [2.05, 4.69) is 22.6 Å². The van der Waals surface area contributed by atoms with E-state index in [0.29, 0.717) is 17.4 Å². The molecule has 0 N–H and O–H groups in total. The second kappa shape index (κ2) is 5.51. The monoisotopic (exact) mass is 425 g/mol. The molecule has 0 saturated heterocycles. The molecular formula is C16H12INO3S. The van der Waals surface area contributed by atoms with Gasteiger partial charge in [0.05, 0.1) is 10.4 Å². The van der Waals surface area contributed by atoms with Gasteiger partial charge in [0.2, 0.25) is 0 Å². The molecule has 0 radical (unpaired) electrons. The Balaban J connectivity index is 2.28. The van der Waals surface area contributed by atoms with Gasteiger partial charge in [0.15, 0.2) is 0 Å². The van der Waals surface area contributed by atoms with Gasteiger partial charge in [-0.15, -0.1) is 0 Å². The summed E-state index contributed by atoms with van der Waals surface area (Å²) in [6.07, 6.45) is 2.29. The van der Waals surface area contributed by atoms with Gasteiger partial charge >= 0.3 is 0 Å². The average Bonchev–Trinajstić information content (AvgIpc) is 2.85.